The zero-order valence-corrected chi connectivity index (χ0v) is 8.38. The van der Waals surface area contributed by atoms with Crippen LogP contribution in [0.15, 0.2) is 16.6 Å². The Balaban J connectivity index is 3.24. The second kappa shape index (κ2) is 4.02. The average Bonchev–Trinajstić information content (AvgIpc) is 2.13. The highest BCUT2D eigenvalue weighted by Gasteiger charge is 2.20. The molecule has 1 atom stereocenters. The fraction of sp³-hybridized carbons (Fsp3) is 0.125. The summed E-state index contributed by atoms with van der Waals surface area (Å²) >= 11 is 2.74. The van der Waals surface area contributed by atoms with Gasteiger partial charge in [-0.1, -0.05) is 6.07 Å². The van der Waals surface area contributed by atoms with Crippen LogP contribution >= 0.6 is 15.9 Å². The van der Waals surface area contributed by atoms with Gasteiger partial charge in [0.05, 0.1) is 4.47 Å². The molecule has 0 amide bonds. The summed E-state index contributed by atoms with van der Waals surface area (Å²) in [6.45, 7) is 0. The molecule has 0 aliphatic heterocycles. The molecular formula is C8H6BrF2NO2. The fourth-order valence-electron chi connectivity index (χ4n) is 0.914. The molecule has 1 unspecified atom stereocenters. The van der Waals surface area contributed by atoms with Crippen molar-refractivity contribution in [2.45, 2.75) is 6.04 Å². The Morgan fingerprint density at radius 1 is 1.50 bits per heavy atom. The predicted molar refractivity (Wildman–Crippen MR) is 48.6 cm³/mol. The Kier molecular flexibility index (Phi) is 3.17. The standard InChI is InChI=1S/C8H6BrF2NO2/c9-5-3(7(12)8(13)14)1-2-4(10)6(5)11/h1-2,7H,12H2,(H,13,14). The normalized spacial score (nSPS) is 12.6. The van der Waals surface area contributed by atoms with E-state index < -0.39 is 23.6 Å². The van der Waals surface area contributed by atoms with Crippen molar-refractivity contribution in [3.05, 3.63) is 33.8 Å². The number of aliphatic carboxylic acids is 1. The van der Waals surface area contributed by atoms with E-state index in [2.05, 4.69) is 15.9 Å². The van der Waals surface area contributed by atoms with Gasteiger partial charge < -0.3 is 10.8 Å². The first-order valence-electron chi connectivity index (χ1n) is 3.57. The first kappa shape index (κ1) is 11.1. The highest BCUT2D eigenvalue weighted by atomic mass is 79.9. The number of carbonyl (C=O) groups is 1. The van der Waals surface area contributed by atoms with Gasteiger partial charge in [0.15, 0.2) is 11.6 Å². The first-order chi connectivity index (χ1) is 6.45. The zero-order valence-electron chi connectivity index (χ0n) is 6.80. The quantitative estimate of drug-likeness (QED) is 0.802. The number of hydrogen-bond donors (Lipinski definition) is 2. The minimum absolute atomic E-state index is 0.00333. The van der Waals surface area contributed by atoms with Gasteiger partial charge in [0.25, 0.3) is 0 Å². The fourth-order valence-corrected chi connectivity index (χ4v) is 1.48. The number of rotatable bonds is 2. The molecule has 0 spiro atoms. The molecule has 0 aliphatic rings. The van der Waals surface area contributed by atoms with E-state index in [0.717, 1.165) is 12.1 Å². The minimum atomic E-state index is -1.38. The Labute approximate surface area is 86.7 Å². The maximum absolute atomic E-state index is 12.9. The third-order valence-corrected chi connectivity index (χ3v) is 2.47. The number of benzene rings is 1. The lowest BCUT2D eigenvalue weighted by Gasteiger charge is -2.09. The molecule has 76 valence electrons. The summed E-state index contributed by atoms with van der Waals surface area (Å²) in [6, 6.07) is 0.582. The van der Waals surface area contributed by atoms with E-state index in [4.69, 9.17) is 10.8 Å². The molecule has 0 radical (unpaired) electrons. The summed E-state index contributed by atoms with van der Waals surface area (Å²) < 4.78 is 25.3. The van der Waals surface area contributed by atoms with Crippen molar-refractivity contribution in [3.63, 3.8) is 0 Å². The van der Waals surface area contributed by atoms with Crippen LogP contribution in [0, 0.1) is 11.6 Å². The van der Waals surface area contributed by atoms with Crippen molar-refractivity contribution in [2.24, 2.45) is 5.73 Å². The van der Waals surface area contributed by atoms with Crippen LogP contribution in [0.5, 0.6) is 0 Å². The second-order valence-corrected chi connectivity index (χ2v) is 3.37. The maximum Gasteiger partial charge on any atom is 0.325 e. The Hall–Kier alpha value is -1.01. The van der Waals surface area contributed by atoms with E-state index in [0.29, 0.717) is 0 Å². The topological polar surface area (TPSA) is 63.3 Å². The Morgan fingerprint density at radius 3 is 2.57 bits per heavy atom. The number of hydrogen-bond acceptors (Lipinski definition) is 2. The summed E-state index contributed by atoms with van der Waals surface area (Å²) in [7, 11) is 0. The van der Waals surface area contributed by atoms with Crippen LogP contribution in [0.2, 0.25) is 0 Å². The van der Waals surface area contributed by atoms with Crippen LogP contribution in [0.25, 0.3) is 0 Å². The molecule has 3 N–H and O–H groups in total. The minimum Gasteiger partial charge on any atom is -0.480 e. The smallest absolute Gasteiger partial charge is 0.325 e. The van der Waals surface area contributed by atoms with E-state index in [1.807, 2.05) is 0 Å². The molecule has 0 heterocycles. The predicted octanol–water partition coefficient (Wildman–Crippen LogP) is 1.81. The van der Waals surface area contributed by atoms with Gasteiger partial charge in [0.2, 0.25) is 0 Å². The molecule has 0 aliphatic carbocycles. The molecule has 14 heavy (non-hydrogen) atoms. The van der Waals surface area contributed by atoms with Crippen molar-refractivity contribution in [2.75, 3.05) is 0 Å². The van der Waals surface area contributed by atoms with Crippen molar-refractivity contribution in [1.29, 1.82) is 0 Å². The zero-order chi connectivity index (χ0) is 10.9. The molecule has 0 aromatic heterocycles. The summed E-state index contributed by atoms with van der Waals surface area (Å²) in [5, 5.41) is 8.56. The first-order valence-corrected chi connectivity index (χ1v) is 4.36. The third-order valence-electron chi connectivity index (χ3n) is 1.67. The second-order valence-electron chi connectivity index (χ2n) is 2.58. The van der Waals surface area contributed by atoms with Crippen molar-refractivity contribution in [3.8, 4) is 0 Å². The molecule has 3 nitrogen and oxygen atoms in total. The summed E-state index contributed by atoms with van der Waals surface area (Å²) in [5.41, 5.74) is 5.24. The SMILES string of the molecule is NC(C(=O)O)c1ccc(F)c(F)c1Br. The van der Waals surface area contributed by atoms with E-state index in [1.165, 1.54) is 0 Å². The van der Waals surface area contributed by atoms with Gasteiger partial charge in [-0.2, -0.15) is 0 Å². The van der Waals surface area contributed by atoms with Crippen LogP contribution in [0.4, 0.5) is 8.78 Å². The molecule has 0 saturated heterocycles. The van der Waals surface area contributed by atoms with Crippen molar-refractivity contribution >= 4 is 21.9 Å². The number of carboxylic acids is 1. The average molecular weight is 266 g/mol. The summed E-state index contributed by atoms with van der Waals surface area (Å²) in [6.07, 6.45) is 0. The number of carboxylic acid groups (broad SMARTS) is 1. The monoisotopic (exact) mass is 265 g/mol. The van der Waals surface area contributed by atoms with Gasteiger partial charge in [-0.3, -0.25) is 4.79 Å². The van der Waals surface area contributed by atoms with Crippen LogP contribution in [-0.4, -0.2) is 11.1 Å². The Morgan fingerprint density at radius 2 is 2.07 bits per heavy atom. The maximum atomic E-state index is 12.9. The lowest BCUT2D eigenvalue weighted by atomic mass is 10.1. The molecule has 1 rings (SSSR count). The van der Waals surface area contributed by atoms with E-state index >= 15 is 0 Å². The van der Waals surface area contributed by atoms with Gasteiger partial charge >= 0.3 is 5.97 Å². The Bertz CT molecular complexity index is 384. The highest BCUT2D eigenvalue weighted by Crippen LogP contribution is 2.26. The van der Waals surface area contributed by atoms with Gasteiger partial charge in [-0.05, 0) is 27.6 Å². The van der Waals surface area contributed by atoms with Crippen LogP contribution in [0.1, 0.15) is 11.6 Å². The van der Waals surface area contributed by atoms with Crippen molar-refractivity contribution < 1.29 is 18.7 Å². The lowest BCUT2D eigenvalue weighted by Crippen LogP contribution is -2.21. The summed E-state index contributed by atoms with van der Waals surface area (Å²) in [5.74, 6) is -3.51. The van der Waals surface area contributed by atoms with Gasteiger partial charge in [0, 0.05) is 0 Å². The van der Waals surface area contributed by atoms with Gasteiger partial charge in [-0.25, -0.2) is 8.78 Å². The van der Waals surface area contributed by atoms with Gasteiger partial charge in [0.1, 0.15) is 6.04 Å². The molecule has 1 aromatic rings. The molecule has 0 bridgehead atoms. The van der Waals surface area contributed by atoms with Crippen LogP contribution in [0.3, 0.4) is 0 Å². The van der Waals surface area contributed by atoms with E-state index in [1.54, 1.807) is 0 Å². The number of nitrogens with two attached hydrogens (primary N) is 1. The molecule has 0 saturated carbocycles. The summed E-state index contributed by atoms with van der Waals surface area (Å²) in [4.78, 5) is 10.5. The van der Waals surface area contributed by atoms with Gasteiger partial charge in [-0.15, -0.1) is 0 Å². The van der Waals surface area contributed by atoms with Crippen LogP contribution < -0.4 is 5.73 Å². The largest absolute Gasteiger partial charge is 0.480 e. The molecule has 1 aromatic carbocycles. The van der Waals surface area contributed by atoms with E-state index in [9.17, 15) is 13.6 Å². The molecule has 6 heteroatoms. The third kappa shape index (κ3) is 1.91. The van der Waals surface area contributed by atoms with E-state index in [-0.39, 0.29) is 10.0 Å². The van der Waals surface area contributed by atoms with Crippen molar-refractivity contribution in [1.82, 2.24) is 0 Å². The highest BCUT2D eigenvalue weighted by molar-refractivity contribution is 9.10. The number of halogens is 3. The lowest BCUT2D eigenvalue weighted by molar-refractivity contribution is -0.138. The molecule has 0 fully saturated rings. The molecular weight excluding hydrogens is 260 g/mol. The van der Waals surface area contributed by atoms with Crippen LogP contribution in [-0.2, 0) is 4.79 Å².